The molecule has 1 heterocycles. The molecule has 5 nitrogen and oxygen atoms in total. The van der Waals surface area contributed by atoms with Crippen LogP contribution in [0.2, 0.25) is 0 Å². The number of nitrogens with zero attached hydrogens (tertiary/aromatic N) is 1. The van der Waals surface area contributed by atoms with Gasteiger partial charge in [0.2, 0.25) is 5.91 Å². The molecular formula is C23H28FNO4. The Bertz CT molecular complexity index is 822. The van der Waals surface area contributed by atoms with Gasteiger partial charge in [-0.3, -0.25) is 4.79 Å². The number of amides is 1. The van der Waals surface area contributed by atoms with Crippen LogP contribution >= 0.6 is 0 Å². The first-order chi connectivity index (χ1) is 14.1. The summed E-state index contributed by atoms with van der Waals surface area (Å²) in [5, 5.41) is 0. The number of carbonyl (C=O) groups excluding carboxylic acids is 1. The molecule has 0 N–H and O–H groups in total. The molecule has 1 amide bonds. The Morgan fingerprint density at radius 2 is 1.66 bits per heavy atom. The molecule has 3 rings (SSSR count). The van der Waals surface area contributed by atoms with Gasteiger partial charge < -0.3 is 19.1 Å². The number of ether oxygens (including phenoxy) is 3. The summed E-state index contributed by atoms with van der Waals surface area (Å²) in [7, 11) is 0. The first-order valence-corrected chi connectivity index (χ1v) is 10.2. The molecule has 0 saturated carbocycles. The molecule has 0 bridgehead atoms. The monoisotopic (exact) mass is 401 g/mol. The first-order valence-electron chi connectivity index (χ1n) is 10.2. The van der Waals surface area contributed by atoms with Crippen molar-refractivity contribution < 1.29 is 23.4 Å². The van der Waals surface area contributed by atoms with E-state index in [9.17, 15) is 9.18 Å². The van der Waals surface area contributed by atoms with E-state index in [-0.39, 0.29) is 11.7 Å². The van der Waals surface area contributed by atoms with Gasteiger partial charge in [0.1, 0.15) is 11.6 Å². The summed E-state index contributed by atoms with van der Waals surface area (Å²) < 4.78 is 29.9. The van der Waals surface area contributed by atoms with E-state index in [0.717, 1.165) is 23.5 Å². The van der Waals surface area contributed by atoms with E-state index < -0.39 is 0 Å². The maximum absolute atomic E-state index is 12.9. The second-order valence-corrected chi connectivity index (χ2v) is 6.90. The van der Waals surface area contributed by atoms with Crippen LogP contribution in [0.3, 0.4) is 0 Å². The molecule has 0 fully saturated rings. The van der Waals surface area contributed by atoms with Gasteiger partial charge in [0.15, 0.2) is 11.5 Å². The van der Waals surface area contributed by atoms with Crippen LogP contribution in [-0.2, 0) is 17.8 Å². The van der Waals surface area contributed by atoms with E-state index in [4.69, 9.17) is 14.2 Å². The van der Waals surface area contributed by atoms with Gasteiger partial charge in [0.05, 0.1) is 19.8 Å². The summed E-state index contributed by atoms with van der Waals surface area (Å²) in [6, 6.07) is 9.94. The van der Waals surface area contributed by atoms with Gasteiger partial charge in [-0.2, -0.15) is 0 Å². The summed E-state index contributed by atoms with van der Waals surface area (Å²) in [4.78, 5) is 14.5. The molecule has 0 unspecified atom stereocenters. The van der Waals surface area contributed by atoms with Gasteiger partial charge in [-0.05, 0) is 74.2 Å². The molecule has 0 saturated heterocycles. The maximum Gasteiger partial charge on any atom is 0.223 e. The molecular weight excluding hydrogens is 373 g/mol. The third-order valence-corrected chi connectivity index (χ3v) is 4.85. The maximum atomic E-state index is 12.9. The molecule has 0 aliphatic carbocycles. The Morgan fingerprint density at radius 1 is 1.00 bits per heavy atom. The zero-order chi connectivity index (χ0) is 20.6. The highest BCUT2D eigenvalue weighted by atomic mass is 19.1. The summed E-state index contributed by atoms with van der Waals surface area (Å²) in [6.45, 7) is 6.76. The van der Waals surface area contributed by atoms with E-state index in [1.54, 1.807) is 12.1 Å². The molecule has 1 aliphatic rings. The van der Waals surface area contributed by atoms with E-state index in [1.807, 2.05) is 30.9 Å². The normalized spacial score (nSPS) is 13.0. The summed E-state index contributed by atoms with van der Waals surface area (Å²) in [5.41, 5.74) is 2.32. The van der Waals surface area contributed by atoms with Crippen LogP contribution in [0.15, 0.2) is 36.4 Å². The second-order valence-electron chi connectivity index (χ2n) is 6.90. The van der Waals surface area contributed by atoms with Crippen LogP contribution in [0, 0.1) is 5.82 Å². The summed E-state index contributed by atoms with van der Waals surface area (Å²) in [5.74, 6) is 1.93. The third-order valence-electron chi connectivity index (χ3n) is 4.85. The largest absolute Gasteiger partial charge is 0.494 e. The van der Waals surface area contributed by atoms with E-state index in [1.165, 1.54) is 17.7 Å². The number of rotatable bonds is 9. The average molecular weight is 401 g/mol. The summed E-state index contributed by atoms with van der Waals surface area (Å²) in [6.07, 6.45) is 1.85. The number of hydrogen-bond donors (Lipinski definition) is 0. The minimum absolute atomic E-state index is 0.116. The molecule has 0 atom stereocenters. The van der Waals surface area contributed by atoms with Crippen molar-refractivity contribution in [1.82, 2.24) is 4.90 Å². The highest BCUT2D eigenvalue weighted by Crippen LogP contribution is 2.34. The minimum Gasteiger partial charge on any atom is -0.494 e. The number of halogens is 1. The predicted octanol–water partition coefficient (Wildman–Crippen LogP) is 4.37. The lowest BCUT2D eigenvalue weighted by molar-refractivity contribution is -0.132. The lowest BCUT2D eigenvalue weighted by Crippen LogP contribution is -2.36. The topological polar surface area (TPSA) is 48.0 Å². The molecule has 0 radical (unpaired) electrons. The SMILES string of the molecule is CCOc1cc2c(cc1OCC)CN(C(=O)CCCOc1ccc(F)cc1)CC2. The van der Waals surface area contributed by atoms with E-state index in [0.29, 0.717) is 51.5 Å². The van der Waals surface area contributed by atoms with Gasteiger partial charge >= 0.3 is 0 Å². The van der Waals surface area contributed by atoms with Crippen molar-refractivity contribution in [3.63, 3.8) is 0 Å². The fourth-order valence-corrected chi connectivity index (χ4v) is 3.42. The highest BCUT2D eigenvalue weighted by Gasteiger charge is 2.22. The smallest absolute Gasteiger partial charge is 0.223 e. The minimum atomic E-state index is -0.293. The fraction of sp³-hybridized carbons (Fsp3) is 0.435. The van der Waals surface area contributed by atoms with Crippen molar-refractivity contribution in [1.29, 1.82) is 0 Å². The van der Waals surface area contributed by atoms with Crippen LogP contribution in [0.4, 0.5) is 4.39 Å². The van der Waals surface area contributed by atoms with E-state index in [2.05, 4.69) is 0 Å². The number of benzene rings is 2. The third kappa shape index (κ3) is 5.62. The number of hydrogen-bond acceptors (Lipinski definition) is 4. The van der Waals surface area contributed by atoms with Gasteiger partial charge in [-0.25, -0.2) is 4.39 Å². The first kappa shape index (κ1) is 21.0. The fourth-order valence-electron chi connectivity index (χ4n) is 3.42. The number of carbonyl (C=O) groups is 1. The van der Waals surface area contributed by atoms with Gasteiger partial charge in [0, 0.05) is 19.5 Å². The molecule has 2 aromatic carbocycles. The Labute approximate surface area is 171 Å². The molecule has 0 aromatic heterocycles. The lowest BCUT2D eigenvalue weighted by Gasteiger charge is -2.30. The quantitative estimate of drug-likeness (QED) is 0.586. The van der Waals surface area contributed by atoms with Gasteiger partial charge in [-0.15, -0.1) is 0 Å². The van der Waals surface area contributed by atoms with Crippen LogP contribution in [0.5, 0.6) is 17.2 Å². The molecule has 0 spiro atoms. The lowest BCUT2D eigenvalue weighted by atomic mass is 9.98. The Hall–Kier alpha value is -2.76. The van der Waals surface area contributed by atoms with Crippen LogP contribution < -0.4 is 14.2 Å². The average Bonchev–Trinajstić information content (AvgIpc) is 2.73. The van der Waals surface area contributed by atoms with Crippen molar-refractivity contribution in [2.24, 2.45) is 0 Å². The molecule has 1 aliphatic heterocycles. The Morgan fingerprint density at radius 3 is 2.31 bits per heavy atom. The molecule has 2 aromatic rings. The zero-order valence-corrected chi connectivity index (χ0v) is 17.1. The van der Waals surface area contributed by atoms with E-state index >= 15 is 0 Å². The van der Waals surface area contributed by atoms with Gasteiger partial charge in [-0.1, -0.05) is 0 Å². The second kappa shape index (κ2) is 10.1. The molecule has 156 valence electrons. The summed E-state index contributed by atoms with van der Waals surface area (Å²) >= 11 is 0. The van der Waals surface area contributed by atoms with Crippen molar-refractivity contribution >= 4 is 5.91 Å². The number of fused-ring (bicyclic) bond motifs is 1. The highest BCUT2D eigenvalue weighted by molar-refractivity contribution is 5.76. The van der Waals surface area contributed by atoms with Crippen LogP contribution in [0.25, 0.3) is 0 Å². The Kier molecular flexibility index (Phi) is 7.33. The Balaban J connectivity index is 1.53. The van der Waals surface area contributed by atoms with Crippen LogP contribution in [0.1, 0.15) is 37.8 Å². The molecule has 29 heavy (non-hydrogen) atoms. The predicted molar refractivity (Wildman–Crippen MR) is 109 cm³/mol. The van der Waals surface area contributed by atoms with Crippen molar-refractivity contribution in [2.75, 3.05) is 26.4 Å². The van der Waals surface area contributed by atoms with Crippen LogP contribution in [-0.4, -0.2) is 37.2 Å². The standard InChI is InChI=1S/C23H28FNO4/c1-3-27-21-14-17-11-12-25(16-18(17)15-22(21)28-4-2)23(26)6-5-13-29-20-9-7-19(24)8-10-20/h7-10,14-15H,3-6,11-13,16H2,1-2H3. The molecule has 6 heteroatoms. The van der Waals surface area contributed by atoms with Crippen molar-refractivity contribution in [2.45, 2.75) is 39.7 Å². The van der Waals surface area contributed by atoms with Crippen molar-refractivity contribution in [3.8, 4) is 17.2 Å². The van der Waals surface area contributed by atoms with Gasteiger partial charge in [0.25, 0.3) is 0 Å². The zero-order valence-electron chi connectivity index (χ0n) is 17.1. The van der Waals surface area contributed by atoms with Crippen molar-refractivity contribution in [3.05, 3.63) is 53.3 Å².